The second-order valence-electron chi connectivity index (χ2n) is 3.99. The molecule has 0 aliphatic carbocycles. The van der Waals surface area contributed by atoms with Crippen molar-refractivity contribution < 1.29 is 9.53 Å². The Morgan fingerprint density at radius 3 is 2.58 bits per heavy atom. The molecule has 0 bridgehead atoms. The zero-order valence-electron chi connectivity index (χ0n) is 10.5. The summed E-state index contributed by atoms with van der Waals surface area (Å²) in [6, 6.07) is 15.1. The maximum atomic E-state index is 12.1. The fourth-order valence-corrected chi connectivity index (χ4v) is 2.32. The van der Waals surface area contributed by atoms with Gasteiger partial charge in [-0.2, -0.15) is 0 Å². The minimum atomic E-state index is -0.130. The summed E-state index contributed by atoms with van der Waals surface area (Å²) >= 11 is 3.38. The van der Waals surface area contributed by atoms with E-state index >= 15 is 0 Å². The average molecular weight is 320 g/mol. The van der Waals surface area contributed by atoms with Crippen LogP contribution in [-0.2, 0) is 6.54 Å². The lowest BCUT2D eigenvalue weighted by Crippen LogP contribution is -2.23. The Bertz CT molecular complexity index is 570. The second kappa shape index (κ2) is 6.38. The van der Waals surface area contributed by atoms with Crippen molar-refractivity contribution in [3.63, 3.8) is 0 Å². The number of hydrogen-bond donors (Lipinski definition) is 1. The summed E-state index contributed by atoms with van der Waals surface area (Å²) in [6.07, 6.45) is 0. The van der Waals surface area contributed by atoms with Crippen molar-refractivity contribution in [2.75, 3.05) is 7.11 Å². The Morgan fingerprint density at radius 1 is 1.16 bits per heavy atom. The van der Waals surface area contributed by atoms with Gasteiger partial charge in [0.05, 0.1) is 17.1 Å². The lowest BCUT2D eigenvalue weighted by atomic mass is 10.2. The molecular weight excluding hydrogens is 306 g/mol. The van der Waals surface area contributed by atoms with Crippen LogP contribution in [-0.4, -0.2) is 13.0 Å². The third-order valence-corrected chi connectivity index (χ3v) is 3.54. The zero-order valence-corrected chi connectivity index (χ0v) is 12.1. The Kier molecular flexibility index (Phi) is 4.58. The first-order chi connectivity index (χ1) is 9.22. The van der Waals surface area contributed by atoms with Crippen molar-refractivity contribution in [1.29, 1.82) is 0 Å². The van der Waals surface area contributed by atoms with Crippen molar-refractivity contribution in [3.05, 3.63) is 64.1 Å². The van der Waals surface area contributed by atoms with Crippen molar-refractivity contribution >= 4 is 21.8 Å². The van der Waals surface area contributed by atoms with Crippen LogP contribution in [0, 0.1) is 0 Å². The molecule has 2 rings (SSSR count). The number of methoxy groups -OCH3 is 1. The maximum Gasteiger partial charge on any atom is 0.252 e. The molecule has 0 heterocycles. The number of amides is 1. The molecular formula is C15H14BrNO2. The second-order valence-corrected chi connectivity index (χ2v) is 4.78. The molecule has 1 N–H and O–H groups in total. The van der Waals surface area contributed by atoms with E-state index in [0.717, 1.165) is 5.56 Å². The van der Waals surface area contributed by atoms with Crippen LogP contribution in [0.3, 0.4) is 0 Å². The fraction of sp³-hybridized carbons (Fsp3) is 0.133. The van der Waals surface area contributed by atoms with E-state index in [4.69, 9.17) is 4.74 Å². The van der Waals surface area contributed by atoms with Crippen LogP contribution in [0.2, 0.25) is 0 Å². The predicted molar refractivity (Wildman–Crippen MR) is 78.3 cm³/mol. The van der Waals surface area contributed by atoms with Gasteiger partial charge in [0.1, 0.15) is 5.75 Å². The average Bonchev–Trinajstić information content (AvgIpc) is 2.46. The molecule has 1 amide bonds. The first-order valence-electron chi connectivity index (χ1n) is 5.87. The number of carbonyl (C=O) groups excluding carboxylic acids is 1. The van der Waals surface area contributed by atoms with Crippen LogP contribution in [0.5, 0.6) is 5.75 Å². The SMILES string of the molecule is COc1cccc(C(=O)NCc2ccccc2)c1Br. The summed E-state index contributed by atoms with van der Waals surface area (Å²) in [6.45, 7) is 0.503. The molecule has 0 aliphatic rings. The molecule has 0 saturated carbocycles. The number of halogens is 1. The molecule has 3 nitrogen and oxygen atoms in total. The normalized spacial score (nSPS) is 10.0. The van der Waals surface area contributed by atoms with Crippen molar-refractivity contribution in [2.24, 2.45) is 0 Å². The molecule has 0 radical (unpaired) electrons. The predicted octanol–water partition coefficient (Wildman–Crippen LogP) is 3.39. The van der Waals surface area contributed by atoms with Gasteiger partial charge in [0.25, 0.3) is 5.91 Å². The van der Waals surface area contributed by atoms with Gasteiger partial charge in [-0.1, -0.05) is 36.4 Å². The minimum Gasteiger partial charge on any atom is -0.496 e. The van der Waals surface area contributed by atoms with Crippen LogP contribution >= 0.6 is 15.9 Å². The molecule has 0 aromatic heterocycles. The van der Waals surface area contributed by atoms with Crippen LogP contribution < -0.4 is 10.1 Å². The third-order valence-electron chi connectivity index (χ3n) is 2.72. The summed E-state index contributed by atoms with van der Waals surface area (Å²) in [5.41, 5.74) is 1.63. The number of benzene rings is 2. The van der Waals surface area contributed by atoms with E-state index in [1.54, 1.807) is 25.3 Å². The Balaban J connectivity index is 2.08. The lowest BCUT2D eigenvalue weighted by Gasteiger charge is -2.09. The number of hydrogen-bond acceptors (Lipinski definition) is 2. The van der Waals surface area contributed by atoms with Gasteiger partial charge in [-0.25, -0.2) is 0 Å². The monoisotopic (exact) mass is 319 g/mol. The Labute approximate surface area is 120 Å². The number of carbonyl (C=O) groups is 1. The summed E-state index contributed by atoms with van der Waals surface area (Å²) in [7, 11) is 1.58. The molecule has 0 saturated heterocycles. The highest BCUT2D eigenvalue weighted by molar-refractivity contribution is 9.10. The van der Waals surface area contributed by atoms with Crippen molar-refractivity contribution in [2.45, 2.75) is 6.54 Å². The largest absolute Gasteiger partial charge is 0.496 e. The van der Waals surface area contributed by atoms with Gasteiger partial charge in [0.15, 0.2) is 0 Å². The lowest BCUT2D eigenvalue weighted by molar-refractivity contribution is 0.0949. The topological polar surface area (TPSA) is 38.3 Å². The molecule has 19 heavy (non-hydrogen) atoms. The van der Waals surface area contributed by atoms with Gasteiger partial charge in [0.2, 0.25) is 0 Å². The van der Waals surface area contributed by atoms with E-state index in [1.165, 1.54) is 0 Å². The minimum absolute atomic E-state index is 0.130. The van der Waals surface area contributed by atoms with E-state index in [9.17, 15) is 4.79 Å². The zero-order chi connectivity index (χ0) is 13.7. The first kappa shape index (κ1) is 13.6. The molecule has 98 valence electrons. The van der Waals surface area contributed by atoms with E-state index < -0.39 is 0 Å². The van der Waals surface area contributed by atoms with Crippen LogP contribution in [0.1, 0.15) is 15.9 Å². The number of rotatable bonds is 4. The van der Waals surface area contributed by atoms with Crippen LogP contribution in [0.15, 0.2) is 53.0 Å². The number of nitrogens with one attached hydrogen (secondary N) is 1. The highest BCUT2D eigenvalue weighted by atomic mass is 79.9. The smallest absolute Gasteiger partial charge is 0.252 e. The molecule has 0 aliphatic heterocycles. The fourth-order valence-electron chi connectivity index (χ4n) is 1.72. The number of ether oxygens (including phenoxy) is 1. The van der Waals surface area contributed by atoms with E-state index in [0.29, 0.717) is 22.3 Å². The van der Waals surface area contributed by atoms with E-state index in [-0.39, 0.29) is 5.91 Å². The third kappa shape index (κ3) is 3.35. The summed E-state index contributed by atoms with van der Waals surface area (Å²) in [5.74, 6) is 0.516. The van der Waals surface area contributed by atoms with Gasteiger partial charge in [-0.3, -0.25) is 4.79 Å². The van der Waals surface area contributed by atoms with E-state index in [1.807, 2.05) is 30.3 Å². The Morgan fingerprint density at radius 2 is 1.89 bits per heavy atom. The van der Waals surface area contributed by atoms with Gasteiger partial charge in [-0.05, 0) is 33.6 Å². The molecule has 2 aromatic rings. The molecule has 0 fully saturated rings. The van der Waals surface area contributed by atoms with E-state index in [2.05, 4.69) is 21.2 Å². The first-order valence-corrected chi connectivity index (χ1v) is 6.66. The summed E-state index contributed by atoms with van der Waals surface area (Å²) in [4.78, 5) is 12.1. The molecule has 2 aromatic carbocycles. The van der Waals surface area contributed by atoms with Gasteiger partial charge >= 0.3 is 0 Å². The van der Waals surface area contributed by atoms with Crippen LogP contribution in [0.25, 0.3) is 0 Å². The van der Waals surface area contributed by atoms with Gasteiger partial charge in [-0.15, -0.1) is 0 Å². The summed E-state index contributed by atoms with van der Waals surface area (Å²) in [5, 5.41) is 2.88. The highest BCUT2D eigenvalue weighted by Gasteiger charge is 2.12. The van der Waals surface area contributed by atoms with Crippen molar-refractivity contribution in [3.8, 4) is 5.75 Å². The molecule has 0 unspecified atom stereocenters. The highest BCUT2D eigenvalue weighted by Crippen LogP contribution is 2.28. The quantitative estimate of drug-likeness (QED) is 0.938. The van der Waals surface area contributed by atoms with Crippen LogP contribution in [0.4, 0.5) is 0 Å². The molecule has 0 atom stereocenters. The van der Waals surface area contributed by atoms with Gasteiger partial charge < -0.3 is 10.1 Å². The summed E-state index contributed by atoms with van der Waals surface area (Å²) < 4.78 is 5.84. The molecule has 0 spiro atoms. The van der Waals surface area contributed by atoms with Gasteiger partial charge in [0, 0.05) is 6.54 Å². The van der Waals surface area contributed by atoms with Crippen molar-refractivity contribution in [1.82, 2.24) is 5.32 Å². The molecule has 4 heteroatoms. The Hall–Kier alpha value is -1.81. The standard InChI is InChI=1S/C15H14BrNO2/c1-19-13-9-5-8-12(14(13)16)15(18)17-10-11-6-3-2-4-7-11/h2-9H,10H2,1H3,(H,17,18). The maximum absolute atomic E-state index is 12.1.